The minimum Gasteiger partial charge on any atom is -0.231 e. The molecule has 0 spiro atoms. The lowest BCUT2D eigenvalue weighted by molar-refractivity contribution is 0.627. The van der Waals surface area contributed by atoms with Crippen LogP contribution in [0.1, 0.15) is 45.4 Å². The van der Waals surface area contributed by atoms with E-state index in [-0.39, 0.29) is 0 Å². The third-order valence-electron chi connectivity index (χ3n) is 3.43. The van der Waals surface area contributed by atoms with Crippen molar-refractivity contribution >= 4 is 11.8 Å². The van der Waals surface area contributed by atoms with Crippen LogP contribution in [-0.4, -0.2) is 15.7 Å². The average Bonchev–Trinajstić information content (AvgIpc) is 2.55. The first-order valence-electron chi connectivity index (χ1n) is 7.91. The summed E-state index contributed by atoms with van der Waals surface area (Å²) in [7, 11) is 0. The van der Waals surface area contributed by atoms with Gasteiger partial charge in [0.15, 0.2) is 5.16 Å². The van der Waals surface area contributed by atoms with Crippen molar-refractivity contribution < 1.29 is 0 Å². The molecule has 0 amide bonds. The molecule has 1 aromatic carbocycles. The van der Waals surface area contributed by atoms with E-state index in [0.717, 1.165) is 22.2 Å². The molecule has 1 aromatic heterocycles. The minimum atomic E-state index is 0.893. The highest BCUT2D eigenvalue weighted by atomic mass is 32.2. The summed E-state index contributed by atoms with van der Waals surface area (Å²) in [5, 5.41) is 0.893. The first kappa shape index (κ1) is 16.0. The number of benzene rings is 1. The molecule has 0 aliphatic carbocycles. The molecule has 2 rings (SSSR count). The fourth-order valence-corrected chi connectivity index (χ4v) is 3.06. The van der Waals surface area contributed by atoms with Gasteiger partial charge in [-0.05, 0) is 12.5 Å². The van der Waals surface area contributed by atoms with Crippen LogP contribution in [0.4, 0.5) is 0 Å². The molecule has 0 saturated heterocycles. The molecular formula is C18H24N2S. The van der Waals surface area contributed by atoms with Gasteiger partial charge in [-0.3, -0.25) is 0 Å². The summed E-state index contributed by atoms with van der Waals surface area (Å²) >= 11 is 1.77. The van der Waals surface area contributed by atoms with E-state index in [1.807, 2.05) is 30.5 Å². The zero-order chi connectivity index (χ0) is 14.8. The maximum absolute atomic E-state index is 4.64. The molecule has 2 aromatic rings. The molecule has 0 aliphatic rings. The molecule has 3 heteroatoms. The zero-order valence-electron chi connectivity index (χ0n) is 12.8. The largest absolute Gasteiger partial charge is 0.231 e. The van der Waals surface area contributed by atoms with E-state index in [0.29, 0.717) is 0 Å². The van der Waals surface area contributed by atoms with Crippen LogP contribution in [0.25, 0.3) is 11.3 Å². The van der Waals surface area contributed by atoms with E-state index >= 15 is 0 Å². The van der Waals surface area contributed by atoms with Crippen molar-refractivity contribution in [3.05, 3.63) is 42.6 Å². The Kier molecular flexibility index (Phi) is 7.30. The number of unbranched alkanes of at least 4 members (excludes halogenated alkanes) is 5. The Balaban J connectivity index is 1.77. The van der Waals surface area contributed by atoms with Gasteiger partial charge >= 0.3 is 0 Å². The fourth-order valence-electron chi connectivity index (χ4n) is 2.23. The Hall–Kier alpha value is -1.35. The second-order valence-electron chi connectivity index (χ2n) is 5.21. The Morgan fingerprint density at radius 3 is 2.48 bits per heavy atom. The lowest BCUT2D eigenvalue weighted by atomic mass is 10.1. The summed E-state index contributed by atoms with van der Waals surface area (Å²) in [5.74, 6) is 1.12. The van der Waals surface area contributed by atoms with E-state index < -0.39 is 0 Å². The van der Waals surface area contributed by atoms with Gasteiger partial charge in [0.1, 0.15) is 0 Å². The van der Waals surface area contributed by atoms with E-state index in [9.17, 15) is 0 Å². The fraction of sp³-hybridized carbons (Fsp3) is 0.444. The highest BCUT2D eigenvalue weighted by Gasteiger charge is 2.02. The molecule has 0 bridgehead atoms. The van der Waals surface area contributed by atoms with Gasteiger partial charge in [-0.15, -0.1) is 0 Å². The van der Waals surface area contributed by atoms with Crippen LogP contribution in [0.15, 0.2) is 47.8 Å². The van der Waals surface area contributed by atoms with Crippen LogP contribution in [-0.2, 0) is 0 Å². The average molecular weight is 300 g/mol. The smallest absolute Gasteiger partial charge is 0.188 e. The molecule has 0 unspecified atom stereocenters. The van der Waals surface area contributed by atoms with Crippen molar-refractivity contribution in [3.63, 3.8) is 0 Å². The van der Waals surface area contributed by atoms with Gasteiger partial charge in [-0.2, -0.15) is 0 Å². The Morgan fingerprint density at radius 2 is 1.67 bits per heavy atom. The van der Waals surface area contributed by atoms with E-state index in [1.165, 1.54) is 38.5 Å². The number of aromatic nitrogens is 2. The van der Waals surface area contributed by atoms with Gasteiger partial charge in [0.25, 0.3) is 0 Å². The van der Waals surface area contributed by atoms with Crippen LogP contribution in [0.2, 0.25) is 0 Å². The molecule has 0 atom stereocenters. The number of nitrogens with zero attached hydrogens (tertiary/aromatic N) is 2. The Labute approximate surface area is 132 Å². The highest BCUT2D eigenvalue weighted by Crippen LogP contribution is 2.20. The number of thioether (sulfide) groups is 1. The summed E-state index contributed by atoms with van der Waals surface area (Å²) in [4.78, 5) is 9.01. The lowest BCUT2D eigenvalue weighted by Gasteiger charge is -2.04. The maximum Gasteiger partial charge on any atom is 0.188 e. The molecule has 2 nitrogen and oxygen atoms in total. The van der Waals surface area contributed by atoms with Gasteiger partial charge < -0.3 is 0 Å². The second-order valence-corrected chi connectivity index (χ2v) is 6.27. The van der Waals surface area contributed by atoms with Gasteiger partial charge in [-0.25, -0.2) is 9.97 Å². The number of hydrogen-bond donors (Lipinski definition) is 0. The zero-order valence-corrected chi connectivity index (χ0v) is 13.6. The predicted octanol–water partition coefficient (Wildman–Crippen LogP) is 5.60. The van der Waals surface area contributed by atoms with Crippen molar-refractivity contribution in [3.8, 4) is 11.3 Å². The van der Waals surface area contributed by atoms with Gasteiger partial charge in [0, 0.05) is 17.5 Å². The van der Waals surface area contributed by atoms with Crippen LogP contribution in [0, 0.1) is 0 Å². The standard InChI is InChI=1S/C18H24N2S/c1-2-3-4-5-6-10-15-21-18-19-14-13-17(20-18)16-11-8-7-9-12-16/h7-9,11-14H,2-6,10,15H2,1H3. The highest BCUT2D eigenvalue weighted by molar-refractivity contribution is 7.99. The predicted molar refractivity (Wildman–Crippen MR) is 91.6 cm³/mol. The van der Waals surface area contributed by atoms with Crippen LogP contribution in [0.5, 0.6) is 0 Å². The van der Waals surface area contributed by atoms with Crippen LogP contribution >= 0.6 is 11.8 Å². The number of rotatable bonds is 9. The van der Waals surface area contributed by atoms with Crippen LogP contribution in [0.3, 0.4) is 0 Å². The minimum absolute atomic E-state index is 0.893. The normalized spacial score (nSPS) is 10.7. The summed E-state index contributed by atoms with van der Waals surface area (Å²) in [6, 6.07) is 12.3. The van der Waals surface area contributed by atoms with E-state index in [2.05, 4.69) is 29.0 Å². The SMILES string of the molecule is CCCCCCCCSc1nccc(-c2ccccc2)n1. The van der Waals surface area contributed by atoms with Gasteiger partial charge in [0.05, 0.1) is 5.69 Å². The summed E-state index contributed by atoms with van der Waals surface area (Å²) in [5.41, 5.74) is 2.16. The summed E-state index contributed by atoms with van der Waals surface area (Å²) in [6.07, 6.45) is 9.86. The first-order valence-corrected chi connectivity index (χ1v) is 8.90. The second kappa shape index (κ2) is 9.56. The van der Waals surface area contributed by atoms with Crippen molar-refractivity contribution in [2.45, 2.75) is 50.6 Å². The van der Waals surface area contributed by atoms with Crippen molar-refractivity contribution in [1.82, 2.24) is 9.97 Å². The number of hydrogen-bond acceptors (Lipinski definition) is 3. The lowest BCUT2D eigenvalue weighted by Crippen LogP contribution is -1.91. The van der Waals surface area contributed by atoms with E-state index in [1.54, 1.807) is 11.8 Å². The Morgan fingerprint density at radius 1 is 0.905 bits per heavy atom. The molecule has 21 heavy (non-hydrogen) atoms. The first-order chi connectivity index (χ1) is 10.4. The van der Waals surface area contributed by atoms with Crippen molar-refractivity contribution in [2.24, 2.45) is 0 Å². The molecule has 0 aliphatic heterocycles. The Bertz CT molecular complexity index is 514. The molecular weight excluding hydrogens is 276 g/mol. The molecule has 112 valence electrons. The summed E-state index contributed by atoms with van der Waals surface area (Å²) in [6.45, 7) is 2.26. The third-order valence-corrected chi connectivity index (χ3v) is 4.38. The molecule has 0 fully saturated rings. The van der Waals surface area contributed by atoms with Gasteiger partial charge in [-0.1, -0.05) is 81.1 Å². The van der Waals surface area contributed by atoms with Crippen LogP contribution < -0.4 is 0 Å². The molecule has 1 heterocycles. The molecule has 0 saturated carbocycles. The van der Waals surface area contributed by atoms with E-state index in [4.69, 9.17) is 0 Å². The van der Waals surface area contributed by atoms with Crippen molar-refractivity contribution in [1.29, 1.82) is 0 Å². The topological polar surface area (TPSA) is 25.8 Å². The monoisotopic (exact) mass is 300 g/mol. The summed E-state index contributed by atoms with van der Waals surface area (Å²) < 4.78 is 0. The molecule has 0 N–H and O–H groups in total. The van der Waals surface area contributed by atoms with Crippen molar-refractivity contribution in [2.75, 3.05) is 5.75 Å². The quantitative estimate of drug-likeness (QED) is 0.342. The molecule has 0 radical (unpaired) electrons. The maximum atomic E-state index is 4.64. The third kappa shape index (κ3) is 5.88. The van der Waals surface area contributed by atoms with Gasteiger partial charge in [0.2, 0.25) is 0 Å².